The lowest BCUT2D eigenvalue weighted by Gasteiger charge is -2.09. The molecule has 0 unspecified atom stereocenters. The standard InChI is InChI=1S/C18H16N2O5S/c1-23-11-5-7-14(24-2)12(9-11)16(21)20-18-19-13-6-4-10(17(22)25-3)8-15(13)26-18/h4-9H,1-3H3,(H,19,20,21). The van der Waals surface area contributed by atoms with Crippen molar-refractivity contribution in [1.82, 2.24) is 4.98 Å². The van der Waals surface area contributed by atoms with Crippen molar-refractivity contribution in [2.45, 2.75) is 0 Å². The molecule has 0 atom stereocenters. The Bertz CT molecular complexity index is 983. The summed E-state index contributed by atoms with van der Waals surface area (Å²) in [7, 11) is 4.34. The molecule has 0 aliphatic heterocycles. The summed E-state index contributed by atoms with van der Waals surface area (Å²) < 4.78 is 15.9. The van der Waals surface area contributed by atoms with E-state index in [1.165, 1.54) is 32.7 Å². The van der Waals surface area contributed by atoms with Gasteiger partial charge in [0.05, 0.1) is 42.7 Å². The van der Waals surface area contributed by atoms with Crippen molar-refractivity contribution in [2.75, 3.05) is 26.6 Å². The molecular formula is C18H16N2O5S. The number of nitrogens with zero attached hydrogens (tertiary/aromatic N) is 1. The Morgan fingerprint density at radius 2 is 1.85 bits per heavy atom. The van der Waals surface area contributed by atoms with Crippen LogP contribution in [0.2, 0.25) is 0 Å². The largest absolute Gasteiger partial charge is 0.497 e. The van der Waals surface area contributed by atoms with Crippen molar-refractivity contribution < 1.29 is 23.8 Å². The van der Waals surface area contributed by atoms with Gasteiger partial charge in [0.2, 0.25) is 0 Å². The number of anilines is 1. The number of carbonyl (C=O) groups is 2. The summed E-state index contributed by atoms with van der Waals surface area (Å²) in [5, 5.41) is 3.17. The highest BCUT2D eigenvalue weighted by atomic mass is 32.1. The summed E-state index contributed by atoms with van der Waals surface area (Å²) in [6.45, 7) is 0. The molecule has 3 rings (SSSR count). The van der Waals surface area contributed by atoms with Crippen LogP contribution < -0.4 is 14.8 Å². The minimum absolute atomic E-state index is 0.335. The van der Waals surface area contributed by atoms with Gasteiger partial charge in [-0.3, -0.25) is 10.1 Å². The highest BCUT2D eigenvalue weighted by molar-refractivity contribution is 7.22. The normalized spacial score (nSPS) is 10.4. The van der Waals surface area contributed by atoms with Crippen molar-refractivity contribution in [3.63, 3.8) is 0 Å². The molecule has 2 aromatic carbocycles. The number of hydrogen-bond donors (Lipinski definition) is 1. The number of hydrogen-bond acceptors (Lipinski definition) is 7. The number of benzene rings is 2. The molecule has 0 radical (unpaired) electrons. The summed E-state index contributed by atoms with van der Waals surface area (Å²) in [5.41, 5.74) is 1.44. The first kappa shape index (κ1) is 17.7. The SMILES string of the molecule is COC(=O)c1ccc2nc(NC(=O)c3cc(OC)ccc3OC)sc2c1. The molecule has 1 amide bonds. The van der Waals surface area contributed by atoms with Crippen molar-refractivity contribution in [2.24, 2.45) is 0 Å². The Hall–Kier alpha value is -3.13. The lowest BCUT2D eigenvalue weighted by atomic mass is 10.1. The van der Waals surface area contributed by atoms with Gasteiger partial charge < -0.3 is 14.2 Å². The first-order valence-corrected chi connectivity index (χ1v) is 8.39. The number of methoxy groups -OCH3 is 3. The van der Waals surface area contributed by atoms with E-state index in [9.17, 15) is 9.59 Å². The number of thiazole rings is 1. The molecule has 26 heavy (non-hydrogen) atoms. The van der Waals surface area contributed by atoms with Crippen LogP contribution in [0.5, 0.6) is 11.5 Å². The van der Waals surface area contributed by atoms with Gasteiger partial charge in [-0.05, 0) is 36.4 Å². The van der Waals surface area contributed by atoms with Crippen LogP contribution in [0, 0.1) is 0 Å². The zero-order chi connectivity index (χ0) is 18.7. The van der Waals surface area contributed by atoms with Crippen molar-refractivity contribution in [3.05, 3.63) is 47.5 Å². The second kappa shape index (κ2) is 7.40. The Morgan fingerprint density at radius 1 is 1.04 bits per heavy atom. The molecule has 1 aromatic heterocycles. The van der Waals surface area contributed by atoms with E-state index >= 15 is 0 Å². The maximum absolute atomic E-state index is 12.6. The number of fused-ring (bicyclic) bond motifs is 1. The third kappa shape index (κ3) is 3.45. The van der Waals surface area contributed by atoms with Gasteiger partial charge in [-0.1, -0.05) is 11.3 Å². The minimum atomic E-state index is -0.424. The first-order chi connectivity index (χ1) is 12.5. The van der Waals surface area contributed by atoms with E-state index in [4.69, 9.17) is 14.2 Å². The van der Waals surface area contributed by atoms with E-state index in [1.54, 1.807) is 36.4 Å². The second-order valence-electron chi connectivity index (χ2n) is 5.21. The minimum Gasteiger partial charge on any atom is -0.497 e. The van der Waals surface area contributed by atoms with Gasteiger partial charge in [0, 0.05) is 0 Å². The molecule has 0 saturated heterocycles. The highest BCUT2D eigenvalue weighted by Crippen LogP contribution is 2.29. The molecule has 1 heterocycles. The third-order valence-corrected chi connectivity index (χ3v) is 4.61. The molecular weight excluding hydrogens is 356 g/mol. The fourth-order valence-electron chi connectivity index (χ4n) is 2.38. The van der Waals surface area contributed by atoms with E-state index in [2.05, 4.69) is 10.3 Å². The van der Waals surface area contributed by atoms with Gasteiger partial charge in [0.25, 0.3) is 5.91 Å². The number of carbonyl (C=O) groups excluding carboxylic acids is 2. The molecule has 3 aromatic rings. The zero-order valence-electron chi connectivity index (χ0n) is 14.4. The van der Waals surface area contributed by atoms with Crippen molar-refractivity contribution in [3.8, 4) is 11.5 Å². The van der Waals surface area contributed by atoms with Crippen molar-refractivity contribution in [1.29, 1.82) is 0 Å². The first-order valence-electron chi connectivity index (χ1n) is 7.58. The Morgan fingerprint density at radius 3 is 2.54 bits per heavy atom. The molecule has 0 spiro atoms. The average Bonchev–Trinajstić information content (AvgIpc) is 3.07. The average molecular weight is 372 g/mol. The van der Waals surface area contributed by atoms with E-state index in [-0.39, 0.29) is 5.91 Å². The van der Waals surface area contributed by atoms with E-state index < -0.39 is 5.97 Å². The molecule has 0 aliphatic rings. The molecule has 0 aliphatic carbocycles. The summed E-state index contributed by atoms with van der Waals surface area (Å²) in [4.78, 5) is 28.6. The number of esters is 1. The number of rotatable bonds is 5. The van der Waals surface area contributed by atoms with Crippen molar-refractivity contribution >= 4 is 38.6 Å². The predicted molar refractivity (Wildman–Crippen MR) is 98.5 cm³/mol. The summed E-state index contributed by atoms with van der Waals surface area (Å²) in [5.74, 6) is 0.181. The Kier molecular flexibility index (Phi) is 5.04. The Balaban J connectivity index is 1.89. The van der Waals surface area contributed by atoms with Gasteiger partial charge >= 0.3 is 5.97 Å². The maximum Gasteiger partial charge on any atom is 0.337 e. The van der Waals surface area contributed by atoms with Gasteiger partial charge in [-0.15, -0.1) is 0 Å². The summed E-state index contributed by atoms with van der Waals surface area (Å²) >= 11 is 1.26. The number of amides is 1. The number of aromatic nitrogens is 1. The highest BCUT2D eigenvalue weighted by Gasteiger charge is 2.16. The third-order valence-electron chi connectivity index (χ3n) is 3.68. The number of nitrogens with one attached hydrogen (secondary N) is 1. The molecule has 0 bridgehead atoms. The maximum atomic E-state index is 12.6. The van der Waals surface area contributed by atoms with Crippen LogP contribution in [0.1, 0.15) is 20.7 Å². The fourth-order valence-corrected chi connectivity index (χ4v) is 3.28. The number of ether oxygens (including phenoxy) is 3. The van der Waals surface area contributed by atoms with Gasteiger partial charge in [-0.2, -0.15) is 0 Å². The van der Waals surface area contributed by atoms with Gasteiger partial charge in [0.1, 0.15) is 11.5 Å². The molecule has 8 heteroatoms. The fraction of sp³-hybridized carbons (Fsp3) is 0.167. The van der Waals surface area contributed by atoms with Crippen LogP contribution in [0.25, 0.3) is 10.2 Å². The van der Waals surface area contributed by atoms with Crippen LogP contribution in [0.4, 0.5) is 5.13 Å². The lowest BCUT2D eigenvalue weighted by Crippen LogP contribution is -2.13. The monoisotopic (exact) mass is 372 g/mol. The summed E-state index contributed by atoms with van der Waals surface area (Å²) in [6.07, 6.45) is 0. The lowest BCUT2D eigenvalue weighted by molar-refractivity contribution is 0.0601. The summed E-state index contributed by atoms with van der Waals surface area (Å²) in [6, 6.07) is 9.98. The van der Waals surface area contributed by atoms with E-state index in [1.807, 2.05) is 0 Å². The van der Waals surface area contributed by atoms with E-state index in [0.717, 1.165) is 4.70 Å². The molecule has 0 saturated carbocycles. The Labute approximate surface area is 153 Å². The molecule has 1 N–H and O–H groups in total. The quantitative estimate of drug-likeness (QED) is 0.691. The second-order valence-corrected chi connectivity index (χ2v) is 6.24. The van der Waals surface area contributed by atoms with Gasteiger partial charge in [-0.25, -0.2) is 9.78 Å². The van der Waals surface area contributed by atoms with E-state index in [0.29, 0.717) is 33.3 Å². The zero-order valence-corrected chi connectivity index (χ0v) is 15.2. The predicted octanol–water partition coefficient (Wildman–Crippen LogP) is 3.35. The topological polar surface area (TPSA) is 86.8 Å². The van der Waals surface area contributed by atoms with Crippen LogP contribution in [0.15, 0.2) is 36.4 Å². The smallest absolute Gasteiger partial charge is 0.337 e. The molecule has 7 nitrogen and oxygen atoms in total. The van der Waals surface area contributed by atoms with Crippen LogP contribution >= 0.6 is 11.3 Å². The molecule has 134 valence electrons. The van der Waals surface area contributed by atoms with Gasteiger partial charge in [0.15, 0.2) is 5.13 Å². The molecule has 0 fully saturated rings. The van der Waals surface area contributed by atoms with Crippen LogP contribution in [0.3, 0.4) is 0 Å². The van der Waals surface area contributed by atoms with Crippen LogP contribution in [-0.4, -0.2) is 38.2 Å². The van der Waals surface area contributed by atoms with Crippen LogP contribution in [-0.2, 0) is 4.74 Å².